The Balaban J connectivity index is 2.03. The smallest absolute Gasteiger partial charge is 0.251 e. The van der Waals surface area contributed by atoms with Crippen molar-refractivity contribution in [1.29, 1.82) is 0 Å². The summed E-state index contributed by atoms with van der Waals surface area (Å²) in [6, 6.07) is 13.8. The van der Waals surface area contributed by atoms with Gasteiger partial charge in [0.25, 0.3) is 5.91 Å². The number of amides is 1. The van der Waals surface area contributed by atoms with Gasteiger partial charge in [-0.2, -0.15) is 0 Å². The molecule has 0 bridgehead atoms. The van der Waals surface area contributed by atoms with E-state index in [4.69, 9.17) is 0 Å². The van der Waals surface area contributed by atoms with Gasteiger partial charge in [-0.3, -0.25) is 4.79 Å². The summed E-state index contributed by atoms with van der Waals surface area (Å²) in [4.78, 5) is 12.1. The molecule has 0 aromatic heterocycles. The van der Waals surface area contributed by atoms with Gasteiger partial charge in [-0.1, -0.05) is 45.8 Å². The molecule has 2 aromatic carbocycles. The summed E-state index contributed by atoms with van der Waals surface area (Å²) in [5, 5.41) is 2.94. The summed E-state index contributed by atoms with van der Waals surface area (Å²) in [7, 11) is 0. The van der Waals surface area contributed by atoms with Crippen molar-refractivity contribution in [3.63, 3.8) is 0 Å². The summed E-state index contributed by atoms with van der Waals surface area (Å²) in [5.41, 5.74) is 4.00. The topological polar surface area (TPSA) is 29.1 Å². The van der Waals surface area contributed by atoms with Crippen LogP contribution in [0.15, 0.2) is 46.9 Å². The first-order valence-corrected chi connectivity index (χ1v) is 6.95. The van der Waals surface area contributed by atoms with Crippen molar-refractivity contribution in [1.82, 2.24) is 5.32 Å². The van der Waals surface area contributed by atoms with E-state index in [1.165, 1.54) is 5.56 Å². The zero-order chi connectivity index (χ0) is 13.8. The van der Waals surface area contributed by atoms with Gasteiger partial charge in [-0.05, 0) is 43.2 Å². The van der Waals surface area contributed by atoms with Crippen LogP contribution in [0.2, 0.25) is 0 Å². The van der Waals surface area contributed by atoms with E-state index in [2.05, 4.69) is 21.2 Å². The zero-order valence-corrected chi connectivity index (χ0v) is 12.6. The Bertz CT molecular complexity index is 590. The van der Waals surface area contributed by atoms with Crippen LogP contribution in [0, 0.1) is 13.8 Å². The Morgan fingerprint density at radius 1 is 1.11 bits per heavy atom. The average Bonchev–Trinajstić information content (AvgIpc) is 2.37. The molecule has 0 saturated heterocycles. The van der Waals surface area contributed by atoms with Gasteiger partial charge in [0, 0.05) is 16.6 Å². The van der Waals surface area contributed by atoms with Crippen LogP contribution in [0.4, 0.5) is 0 Å². The molecular formula is C16H16BrNO. The highest BCUT2D eigenvalue weighted by Crippen LogP contribution is 2.12. The number of halogens is 1. The Morgan fingerprint density at radius 2 is 1.79 bits per heavy atom. The van der Waals surface area contributed by atoms with Crippen LogP contribution in [-0.4, -0.2) is 5.91 Å². The van der Waals surface area contributed by atoms with E-state index in [1.807, 2.05) is 56.3 Å². The van der Waals surface area contributed by atoms with Gasteiger partial charge >= 0.3 is 0 Å². The largest absolute Gasteiger partial charge is 0.348 e. The number of aryl methyl sites for hydroxylation is 2. The average molecular weight is 318 g/mol. The summed E-state index contributed by atoms with van der Waals surface area (Å²) in [6.07, 6.45) is 0. The predicted octanol–water partition coefficient (Wildman–Crippen LogP) is 4.00. The first-order valence-electron chi connectivity index (χ1n) is 6.16. The van der Waals surface area contributed by atoms with Gasteiger partial charge in [0.15, 0.2) is 0 Å². The van der Waals surface area contributed by atoms with Crippen molar-refractivity contribution in [3.05, 3.63) is 69.2 Å². The van der Waals surface area contributed by atoms with E-state index >= 15 is 0 Å². The number of carbonyl (C=O) groups is 1. The fraction of sp³-hybridized carbons (Fsp3) is 0.188. The molecule has 1 N–H and O–H groups in total. The zero-order valence-electron chi connectivity index (χ0n) is 11.0. The lowest BCUT2D eigenvalue weighted by atomic mass is 10.1. The van der Waals surface area contributed by atoms with Crippen LogP contribution in [0.1, 0.15) is 27.0 Å². The third-order valence-corrected chi connectivity index (χ3v) is 3.52. The Hall–Kier alpha value is -1.61. The summed E-state index contributed by atoms with van der Waals surface area (Å²) in [5.74, 6) is -0.0274. The molecule has 2 nitrogen and oxygen atoms in total. The molecule has 0 aliphatic rings. The second-order valence-corrected chi connectivity index (χ2v) is 5.54. The molecule has 0 atom stereocenters. The van der Waals surface area contributed by atoms with Crippen LogP contribution in [0.25, 0.3) is 0 Å². The van der Waals surface area contributed by atoms with Gasteiger partial charge in [0.1, 0.15) is 0 Å². The van der Waals surface area contributed by atoms with Gasteiger partial charge in [-0.25, -0.2) is 0 Å². The van der Waals surface area contributed by atoms with Crippen LogP contribution in [-0.2, 0) is 6.54 Å². The van der Waals surface area contributed by atoms with E-state index in [0.29, 0.717) is 6.54 Å². The van der Waals surface area contributed by atoms with Crippen LogP contribution < -0.4 is 5.32 Å². The molecule has 0 saturated carbocycles. The molecule has 0 aliphatic carbocycles. The van der Waals surface area contributed by atoms with E-state index in [0.717, 1.165) is 21.2 Å². The fourth-order valence-electron chi connectivity index (χ4n) is 1.95. The summed E-state index contributed by atoms with van der Waals surface area (Å²) >= 11 is 3.39. The van der Waals surface area contributed by atoms with Gasteiger partial charge in [0.05, 0.1) is 0 Å². The summed E-state index contributed by atoms with van der Waals surface area (Å²) in [6.45, 7) is 4.53. The van der Waals surface area contributed by atoms with Crippen molar-refractivity contribution in [2.24, 2.45) is 0 Å². The lowest BCUT2D eigenvalue weighted by Gasteiger charge is -2.08. The molecule has 0 aliphatic heterocycles. The number of nitrogens with one attached hydrogen (secondary N) is 1. The van der Waals surface area contributed by atoms with E-state index < -0.39 is 0 Å². The Morgan fingerprint density at radius 3 is 2.42 bits per heavy atom. The molecule has 2 aromatic rings. The van der Waals surface area contributed by atoms with Crippen molar-refractivity contribution in [3.8, 4) is 0 Å². The SMILES string of the molecule is Cc1ccc(C(=O)NCc2ccc(Br)cc2)c(C)c1. The molecule has 0 heterocycles. The van der Waals surface area contributed by atoms with Gasteiger partial charge < -0.3 is 5.32 Å². The second kappa shape index (κ2) is 6.02. The number of benzene rings is 2. The Labute approximate surface area is 122 Å². The number of hydrogen-bond acceptors (Lipinski definition) is 1. The molecule has 19 heavy (non-hydrogen) atoms. The maximum absolute atomic E-state index is 12.1. The third-order valence-electron chi connectivity index (χ3n) is 2.99. The first-order chi connectivity index (χ1) is 9.06. The highest BCUT2D eigenvalue weighted by atomic mass is 79.9. The standard InChI is InChI=1S/C16H16BrNO/c1-11-3-8-15(12(2)9-11)16(19)18-10-13-4-6-14(17)7-5-13/h3-9H,10H2,1-2H3,(H,18,19). The maximum Gasteiger partial charge on any atom is 0.251 e. The molecular weight excluding hydrogens is 302 g/mol. The monoisotopic (exact) mass is 317 g/mol. The lowest BCUT2D eigenvalue weighted by Crippen LogP contribution is -2.23. The second-order valence-electron chi connectivity index (χ2n) is 4.63. The summed E-state index contributed by atoms with van der Waals surface area (Å²) < 4.78 is 1.04. The van der Waals surface area contributed by atoms with Crippen LogP contribution in [0.5, 0.6) is 0 Å². The predicted molar refractivity (Wildman–Crippen MR) is 81.2 cm³/mol. The minimum atomic E-state index is -0.0274. The number of rotatable bonds is 3. The van der Waals surface area contributed by atoms with Crippen LogP contribution >= 0.6 is 15.9 Å². The minimum absolute atomic E-state index is 0.0274. The van der Waals surface area contributed by atoms with E-state index in [9.17, 15) is 4.79 Å². The Kier molecular flexibility index (Phi) is 4.38. The molecule has 3 heteroatoms. The van der Waals surface area contributed by atoms with Gasteiger partial charge in [-0.15, -0.1) is 0 Å². The van der Waals surface area contributed by atoms with Crippen molar-refractivity contribution in [2.45, 2.75) is 20.4 Å². The molecule has 98 valence electrons. The lowest BCUT2D eigenvalue weighted by molar-refractivity contribution is 0.0950. The molecule has 0 spiro atoms. The molecule has 1 amide bonds. The maximum atomic E-state index is 12.1. The normalized spacial score (nSPS) is 10.3. The van der Waals surface area contributed by atoms with Crippen molar-refractivity contribution >= 4 is 21.8 Å². The molecule has 0 fully saturated rings. The van der Waals surface area contributed by atoms with Crippen molar-refractivity contribution in [2.75, 3.05) is 0 Å². The minimum Gasteiger partial charge on any atom is -0.348 e. The first kappa shape index (κ1) is 13.8. The highest BCUT2D eigenvalue weighted by Gasteiger charge is 2.08. The van der Waals surface area contributed by atoms with Gasteiger partial charge in [0.2, 0.25) is 0 Å². The highest BCUT2D eigenvalue weighted by molar-refractivity contribution is 9.10. The molecule has 0 radical (unpaired) electrons. The van der Waals surface area contributed by atoms with E-state index in [-0.39, 0.29) is 5.91 Å². The van der Waals surface area contributed by atoms with Crippen molar-refractivity contribution < 1.29 is 4.79 Å². The third kappa shape index (κ3) is 3.67. The molecule has 2 rings (SSSR count). The van der Waals surface area contributed by atoms with Crippen LogP contribution in [0.3, 0.4) is 0 Å². The number of hydrogen-bond donors (Lipinski definition) is 1. The quantitative estimate of drug-likeness (QED) is 0.911. The number of carbonyl (C=O) groups excluding carboxylic acids is 1. The van der Waals surface area contributed by atoms with E-state index in [1.54, 1.807) is 0 Å². The fourth-order valence-corrected chi connectivity index (χ4v) is 2.21. The molecule has 0 unspecified atom stereocenters.